The fourth-order valence-electron chi connectivity index (χ4n) is 2.32. The molecule has 2 rings (SSSR count). The van der Waals surface area contributed by atoms with Gasteiger partial charge in [0.15, 0.2) is 0 Å². The number of benzene rings is 2. The third kappa shape index (κ3) is 3.74. The van der Waals surface area contributed by atoms with E-state index in [2.05, 4.69) is 4.72 Å². The molecular weight excluding hydrogens is 286 g/mol. The Labute approximate surface area is 126 Å². The van der Waals surface area contributed by atoms with E-state index in [0.717, 1.165) is 29.4 Å². The molecule has 0 saturated heterocycles. The van der Waals surface area contributed by atoms with Crippen molar-refractivity contribution in [3.63, 3.8) is 0 Å². The summed E-state index contributed by atoms with van der Waals surface area (Å²) < 4.78 is 32.6. The Morgan fingerprint density at radius 3 is 2.48 bits per heavy atom. The van der Waals surface area contributed by atoms with Gasteiger partial charge in [-0.05, 0) is 48.4 Å². The SMILES string of the molecule is CCC[C@H](C)NS(=O)(=O)c1ccc2cc(OC)ccc2c1. The Hall–Kier alpha value is -1.59. The van der Waals surface area contributed by atoms with Gasteiger partial charge in [-0.2, -0.15) is 0 Å². The first kappa shape index (κ1) is 15.8. The first-order chi connectivity index (χ1) is 9.96. The molecule has 0 aliphatic heterocycles. The molecule has 0 amide bonds. The molecule has 0 radical (unpaired) electrons. The highest BCUT2D eigenvalue weighted by molar-refractivity contribution is 7.89. The zero-order valence-corrected chi connectivity index (χ0v) is 13.4. The molecule has 0 saturated carbocycles. The second-order valence-electron chi connectivity index (χ2n) is 5.19. The molecule has 0 spiro atoms. The summed E-state index contributed by atoms with van der Waals surface area (Å²) in [6, 6.07) is 10.6. The van der Waals surface area contributed by atoms with E-state index in [1.165, 1.54) is 0 Å². The van der Waals surface area contributed by atoms with E-state index < -0.39 is 10.0 Å². The molecule has 0 unspecified atom stereocenters. The van der Waals surface area contributed by atoms with Crippen LogP contribution in [0.15, 0.2) is 41.3 Å². The van der Waals surface area contributed by atoms with Crippen LogP contribution < -0.4 is 9.46 Å². The first-order valence-electron chi connectivity index (χ1n) is 7.06. The van der Waals surface area contributed by atoms with Crippen molar-refractivity contribution in [3.8, 4) is 5.75 Å². The number of rotatable bonds is 6. The van der Waals surface area contributed by atoms with Gasteiger partial charge < -0.3 is 4.74 Å². The highest BCUT2D eigenvalue weighted by Crippen LogP contribution is 2.23. The maximum atomic E-state index is 12.3. The van der Waals surface area contributed by atoms with Crippen LogP contribution in [0.3, 0.4) is 0 Å². The van der Waals surface area contributed by atoms with Gasteiger partial charge in [-0.3, -0.25) is 0 Å². The molecule has 2 aromatic carbocycles. The number of sulfonamides is 1. The van der Waals surface area contributed by atoms with Crippen LogP contribution >= 0.6 is 0 Å². The molecule has 0 aliphatic rings. The van der Waals surface area contributed by atoms with Gasteiger partial charge in [0, 0.05) is 6.04 Å². The summed E-state index contributed by atoms with van der Waals surface area (Å²) in [6.07, 6.45) is 1.77. The molecule has 114 valence electrons. The molecule has 1 atom stereocenters. The highest BCUT2D eigenvalue weighted by atomic mass is 32.2. The van der Waals surface area contributed by atoms with Crippen LogP contribution in [-0.2, 0) is 10.0 Å². The van der Waals surface area contributed by atoms with Crippen LogP contribution in [0.4, 0.5) is 0 Å². The minimum Gasteiger partial charge on any atom is -0.497 e. The molecule has 4 nitrogen and oxygen atoms in total. The van der Waals surface area contributed by atoms with Crippen LogP contribution in [0.5, 0.6) is 5.75 Å². The molecule has 5 heteroatoms. The quantitative estimate of drug-likeness (QED) is 0.890. The monoisotopic (exact) mass is 307 g/mol. The number of fused-ring (bicyclic) bond motifs is 1. The molecule has 0 heterocycles. The fraction of sp³-hybridized carbons (Fsp3) is 0.375. The van der Waals surface area contributed by atoms with Gasteiger partial charge in [-0.15, -0.1) is 0 Å². The summed E-state index contributed by atoms with van der Waals surface area (Å²) in [5, 5.41) is 1.83. The van der Waals surface area contributed by atoms with Crippen molar-refractivity contribution < 1.29 is 13.2 Å². The van der Waals surface area contributed by atoms with Gasteiger partial charge in [-0.1, -0.05) is 25.5 Å². The third-order valence-corrected chi connectivity index (χ3v) is 4.99. The number of hydrogen-bond donors (Lipinski definition) is 1. The first-order valence-corrected chi connectivity index (χ1v) is 8.54. The van der Waals surface area contributed by atoms with E-state index in [9.17, 15) is 8.42 Å². The van der Waals surface area contributed by atoms with Crippen molar-refractivity contribution in [2.45, 2.75) is 37.6 Å². The number of ether oxygens (including phenoxy) is 1. The number of hydrogen-bond acceptors (Lipinski definition) is 3. The summed E-state index contributed by atoms with van der Waals surface area (Å²) in [5.41, 5.74) is 0. The molecule has 0 fully saturated rings. The lowest BCUT2D eigenvalue weighted by molar-refractivity contribution is 0.415. The van der Waals surface area contributed by atoms with Gasteiger partial charge in [-0.25, -0.2) is 13.1 Å². The second-order valence-corrected chi connectivity index (χ2v) is 6.90. The standard InChI is InChI=1S/C16H21NO3S/c1-4-5-12(2)17-21(18,19)16-9-7-13-10-15(20-3)8-6-14(13)11-16/h6-12,17H,4-5H2,1-3H3/t12-/m0/s1. The van der Waals surface area contributed by atoms with Gasteiger partial charge in [0.25, 0.3) is 0 Å². The fourth-order valence-corrected chi connectivity index (χ4v) is 3.63. The molecule has 2 aromatic rings. The Bertz CT molecular complexity index is 725. The Morgan fingerprint density at radius 1 is 1.14 bits per heavy atom. The zero-order valence-electron chi connectivity index (χ0n) is 12.6. The van der Waals surface area contributed by atoms with Crippen LogP contribution in [0.25, 0.3) is 10.8 Å². The summed E-state index contributed by atoms with van der Waals surface area (Å²) >= 11 is 0. The molecule has 0 aliphatic carbocycles. The van der Waals surface area contributed by atoms with Gasteiger partial charge in [0.05, 0.1) is 12.0 Å². The van der Waals surface area contributed by atoms with E-state index in [1.54, 1.807) is 25.3 Å². The van der Waals surface area contributed by atoms with Crippen molar-refractivity contribution >= 4 is 20.8 Å². The van der Waals surface area contributed by atoms with Gasteiger partial charge in [0.2, 0.25) is 10.0 Å². The summed E-state index contributed by atoms with van der Waals surface area (Å²) in [7, 11) is -1.86. The molecular formula is C16H21NO3S. The van der Waals surface area contributed by atoms with E-state index in [1.807, 2.05) is 32.0 Å². The number of methoxy groups -OCH3 is 1. The maximum absolute atomic E-state index is 12.3. The lowest BCUT2D eigenvalue weighted by atomic mass is 10.1. The summed E-state index contributed by atoms with van der Waals surface area (Å²) in [4.78, 5) is 0.295. The highest BCUT2D eigenvalue weighted by Gasteiger charge is 2.17. The van der Waals surface area contributed by atoms with E-state index in [4.69, 9.17) is 4.74 Å². The number of nitrogens with one attached hydrogen (secondary N) is 1. The lowest BCUT2D eigenvalue weighted by Gasteiger charge is -2.13. The maximum Gasteiger partial charge on any atom is 0.240 e. The summed E-state index contributed by atoms with van der Waals surface area (Å²) in [5.74, 6) is 0.757. The predicted molar refractivity (Wildman–Crippen MR) is 85.2 cm³/mol. The Morgan fingerprint density at radius 2 is 1.81 bits per heavy atom. The van der Waals surface area contributed by atoms with Crippen LogP contribution in [0.1, 0.15) is 26.7 Å². The van der Waals surface area contributed by atoms with Crippen LogP contribution in [0, 0.1) is 0 Å². The van der Waals surface area contributed by atoms with E-state index >= 15 is 0 Å². The van der Waals surface area contributed by atoms with Crippen LogP contribution in [-0.4, -0.2) is 21.6 Å². The second kappa shape index (κ2) is 6.45. The minimum atomic E-state index is -3.47. The molecule has 1 N–H and O–H groups in total. The van der Waals surface area contributed by atoms with Crippen molar-refractivity contribution in [1.29, 1.82) is 0 Å². The summed E-state index contributed by atoms with van der Waals surface area (Å²) in [6.45, 7) is 3.92. The van der Waals surface area contributed by atoms with Crippen molar-refractivity contribution in [2.75, 3.05) is 7.11 Å². The van der Waals surface area contributed by atoms with Crippen molar-refractivity contribution in [2.24, 2.45) is 0 Å². The van der Waals surface area contributed by atoms with Gasteiger partial charge >= 0.3 is 0 Å². The average Bonchev–Trinajstić information content (AvgIpc) is 2.45. The minimum absolute atomic E-state index is 0.0634. The smallest absolute Gasteiger partial charge is 0.240 e. The average molecular weight is 307 g/mol. The third-order valence-electron chi connectivity index (χ3n) is 3.41. The Balaban J connectivity index is 2.34. The van der Waals surface area contributed by atoms with E-state index in [0.29, 0.717) is 4.90 Å². The molecule has 0 bridgehead atoms. The van der Waals surface area contributed by atoms with Gasteiger partial charge in [0.1, 0.15) is 5.75 Å². The lowest BCUT2D eigenvalue weighted by Crippen LogP contribution is -2.32. The zero-order chi connectivity index (χ0) is 15.5. The predicted octanol–water partition coefficient (Wildman–Crippen LogP) is 3.32. The van der Waals surface area contributed by atoms with Crippen molar-refractivity contribution in [1.82, 2.24) is 4.72 Å². The largest absolute Gasteiger partial charge is 0.497 e. The molecule has 0 aromatic heterocycles. The molecule has 21 heavy (non-hydrogen) atoms. The topological polar surface area (TPSA) is 55.4 Å². The normalized spacial score (nSPS) is 13.3. The van der Waals surface area contributed by atoms with Crippen LogP contribution in [0.2, 0.25) is 0 Å². The Kier molecular flexibility index (Phi) is 4.85. The van der Waals surface area contributed by atoms with E-state index in [-0.39, 0.29) is 6.04 Å². The van der Waals surface area contributed by atoms with Crippen molar-refractivity contribution in [3.05, 3.63) is 36.4 Å².